The van der Waals surface area contributed by atoms with Crippen molar-refractivity contribution in [3.63, 3.8) is 0 Å². The van der Waals surface area contributed by atoms with E-state index in [0.717, 1.165) is 39.3 Å². The fourth-order valence-corrected chi connectivity index (χ4v) is 4.60. The van der Waals surface area contributed by atoms with Gasteiger partial charge in [0.05, 0.1) is 36.2 Å². The Balaban J connectivity index is 1.59. The summed E-state index contributed by atoms with van der Waals surface area (Å²) in [4.78, 5) is 4.73. The van der Waals surface area contributed by atoms with Crippen LogP contribution in [0.3, 0.4) is 0 Å². The molecule has 1 fully saturated rings. The van der Waals surface area contributed by atoms with E-state index in [2.05, 4.69) is 23.5 Å². The van der Waals surface area contributed by atoms with Gasteiger partial charge in [-0.05, 0) is 48.7 Å². The number of hydrogen-bond acceptors (Lipinski definition) is 5. The molecular weight excluding hydrogens is 410 g/mol. The highest BCUT2D eigenvalue weighted by atomic mass is 16.5. The lowest BCUT2D eigenvalue weighted by Gasteiger charge is -2.23. The van der Waals surface area contributed by atoms with E-state index in [-0.39, 0.29) is 0 Å². The van der Waals surface area contributed by atoms with Gasteiger partial charge in [-0.3, -0.25) is 4.68 Å². The molecule has 0 spiro atoms. The first-order valence-electron chi connectivity index (χ1n) is 11.5. The molecule has 33 heavy (non-hydrogen) atoms. The van der Waals surface area contributed by atoms with Gasteiger partial charge in [0, 0.05) is 17.8 Å². The number of hydrogen-bond donors (Lipinski definition) is 1. The molecule has 4 aromatic rings. The van der Waals surface area contributed by atoms with Crippen LogP contribution in [0.5, 0.6) is 5.75 Å². The Labute approximate surface area is 193 Å². The van der Waals surface area contributed by atoms with E-state index in [0.29, 0.717) is 18.2 Å². The zero-order chi connectivity index (χ0) is 22.6. The maximum Gasteiger partial charge on any atom is 0.137 e. The maximum atomic E-state index is 9.20. The van der Waals surface area contributed by atoms with Crippen LogP contribution >= 0.6 is 0 Å². The van der Waals surface area contributed by atoms with Crippen molar-refractivity contribution in [2.24, 2.45) is 0 Å². The SMILES string of the molecule is COc1ccc(Cn2nc(-c3ccc(C#N)cc3)c3c(NC4CCCCC4)nccc32)cc1. The summed E-state index contributed by atoms with van der Waals surface area (Å²) in [7, 11) is 1.67. The number of aromatic nitrogens is 3. The van der Waals surface area contributed by atoms with Crippen molar-refractivity contribution in [2.45, 2.75) is 44.7 Å². The normalized spacial score (nSPS) is 14.2. The Morgan fingerprint density at radius 2 is 1.79 bits per heavy atom. The minimum atomic E-state index is 0.440. The molecule has 166 valence electrons. The monoisotopic (exact) mass is 437 g/mol. The summed E-state index contributed by atoms with van der Waals surface area (Å²) < 4.78 is 7.34. The van der Waals surface area contributed by atoms with Crippen LogP contribution in [0.25, 0.3) is 22.2 Å². The number of nitriles is 1. The summed E-state index contributed by atoms with van der Waals surface area (Å²) in [5.41, 5.74) is 4.68. The molecule has 1 saturated carbocycles. The third kappa shape index (κ3) is 4.40. The molecule has 5 rings (SSSR count). The van der Waals surface area contributed by atoms with Crippen LogP contribution in [-0.2, 0) is 6.54 Å². The van der Waals surface area contributed by atoms with E-state index in [1.54, 1.807) is 7.11 Å². The molecule has 1 aliphatic rings. The largest absolute Gasteiger partial charge is 0.497 e. The molecule has 0 saturated heterocycles. The summed E-state index contributed by atoms with van der Waals surface area (Å²) >= 11 is 0. The molecule has 6 nitrogen and oxygen atoms in total. The van der Waals surface area contributed by atoms with Crippen molar-refractivity contribution >= 4 is 16.7 Å². The van der Waals surface area contributed by atoms with Crippen LogP contribution in [0.1, 0.15) is 43.2 Å². The van der Waals surface area contributed by atoms with Gasteiger partial charge < -0.3 is 10.1 Å². The predicted octanol–water partition coefficient (Wildman–Crippen LogP) is 5.77. The second kappa shape index (κ2) is 9.33. The van der Waals surface area contributed by atoms with E-state index in [1.807, 2.05) is 53.3 Å². The molecule has 0 radical (unpaired) electrons. The Morgan fingerprint density at radius 3 is 2.48 bits per heavy atom. The second-order valence-corrected chi connectivity index (χ2v) is 8.58. The molecule has 1 N–H and O–H groups in total. The van der Waals surface area contributed by atoms with Crippen LogP contribution in [0.4, 0.5) is 5.82 Å². The maximum absolute atomic E-state index is 9.20. The number of methoxy groups -OCH3 is 1. The van der Waals surface area contributed by atoms with Crippen LogP contribution in [0, 0.1) is 11.3 Å². The minimum absolute atomic E-state index is 0.440. The first-order valence-corrected chi connectivity index (χ1v) is 11.5. The van der Waals surface area contributed by atoms with Crippen molar-refractivity contribution in [2.75, 3.05) is 12.4 Å². The molecule has 2 heterocycles. The average Bonchev–Trinajstić information content (AvgIpc) is 3.24. The molecule has 0 bridgehead atoms. The highest BCUT2D eigenvalue weighted by Gasteiger charge is 2.20. The number of benzene rings is 2. The number of rotatable bonds is 6. The molecule has 0 aliphatic heterocycles. The molecule has 0 atom stereocenters. The van der Waals surface area contributed by atoms with Gasteiger partial charge >= 0.3 is 0 Å². The molecule has 0 unspecified atom stereocenters. The standard InChI is InChI=1S/C27H27N5O/c1-33-23-13-9-20(10-14-23)18-32-24-15-16-29-27(30-22-5-3-2-4-6-22)25(24)26(31-32)21-11-7-19(17-28)8-12-21/h7-16,22H,2-6,18H2,1H3,(H,29,30). The van der Waals surface area contributed by atoms with E-state index in [1.165, 1.54) is 32.1 Å². The van der Waals surface area contributed by atoms with Crippen LogP contribution in [0.15, 0.2) is 60.8 Å². The zero-order valence-electron chi connectivity index (χ0n) is 18.8. The molecule has 2 aromatic heterocycles. The quantitative estimate of drug-likeness (QED) is 0.414. The summed E-state index contributed by atoms with van der Waals surface area (Å²) in [5.74, 6) is 1.73. The van der Waals surface area contributed by atoms with Crippen molar-refractivity contribution in [3.05, 3.63) is 71.9 Å². The molecular formula is C27H27N5O. The summed E-state index contributed by atoms with van der Waals surface area (Å²) in [5, 5.41) is 19.0. The highest BCUT2D eigenvalue weighted by Crippen LogP contribution is 2.34. The molecule has 6 heteroatoms. The fourth-order valence-electron chi connectivity index (χ4n) is 4.60. The van der Waals surface area contributed by atoms with Crippen LogP contribution < -0.4 is 10.1 Å². The van der Waals surface area contributed by atoms with Gasteiger partial charge in [-0.15, -0.1) is 0 Å². The second-order valence-electron chi connectivity index (χ2n) is 8.58. The Kier molecular flexibility index (Phi) is 5.95. The Bertz CT molecular complexity index is 1280. The third-order valence-corrected chi connectivity index (χ3v) is 6.39. The van der Waals surface area contributed by atoms with Gasteiger partial charge in [0.2, 0.25) is 0 Å². The van der Waals surface area contributed by atoms with Crippen molar-refractivity contribution in [1.82, 2.24) is 14.8 Å². The number of fused-ring (bicyclic) bond motifs is 1. The number of pyridine rings is 1. The van der Waals surface area contributed by atoms with Gasteiger partial charge in [-0.2, -0.15) is 10.4 Å². The van der Waals surface area contributed by atoms with Crippen LogP contribution in [0.2, 0.25) is 0 Å². The number of anilines is 1. The van der Waals surface area contributed by atoms with Gasteiger partial charge in [0.15, 0.2) is 0 Å². The summed E-state index contributed by atoms with van der Waals surface area (Å²) in [6.45, 7) is 0.643. The van der Waals surface area contributed by atoms with E-state index in [9.17, 15) is 5.26 Å². The van der Waals surface area contributed by atoms with Gasteiger partial charge in [0.25, 0.3) is 0 Å². The summed E-state index contributed by atoms with van der Waals surface area (Å²) in [6, 6.07) is 20.4. The average molecular weight is 438 g/mol. The number of nitrogens with one attached hydrogen (secondary N) is 1. The zero-order valence-corrected chi connectivity index (χ0v) is 18.8. The lowest BCUT2D eigenvalue weighted by Crippen LogP contribution is -2.22. The summed E-state index contributed by atoms with van der Waals surface area (Å²) in [6.07, 6.45) is 8.03. The number of nitrogens with zero attached hydrogens (tertiary/aromatic N) is 4. The third-order valence-electron chi connectivity index (χ3n) is 6.39. The lowest BCUT2D eigenvalue weighted by atomic mass is 9.95. The van der Waals surface area contributed by atoms with Gasteiger partial charge in [-0.25, -0.2) is 4.98 Å². The first-order chi connectivity index (χ1) is 16.2. The first kappa shape index (κ1) is 21.0. The van der Waals surface area contributed by atoms with E-state index in [4.69, 9.17) is 14.8 Å². The minimum Gasteiger partial charge on any atom is -0.497 e. The van der Waals surface area contributed by atoms with E-state index >= 15 is 0 Å². The van der Waals surface area contributed by atoms with Crippen LogP contribution in [-0.4, -0.2) is 27.9 Å². The molecule has 1 aliphatic carbocycles. The van der Waals surface area contributed by atoms with Crippen molar-refractivity contribution in [3.8, 4) is 23.1 Å². The Hall–Kier alpha value is -3.85. The highest BCUT2D eigenvalue weighted by molar-refractivity contribution is 6.01. The van der Waals surface area contributed by atoms with Crippen molar-refractivity contribution in [1.29, 1.82) is 5.26 Å². The van der Waals surface area contributed by atoms with Crippen molar-refractivity contribution < 1.29 is 4.74 Å². The predicted molar refractivity (Wildman–Crippen MR) is 130 cm³/mol. The van der Waals surface area contributed by atoms with E-state index < -0.39 is 0 Å². The molecule has 0 amide bonds. The lowest BCUT2D eigenvalue weighted by molar-refractivity contribution is 0.414. The van der Waals surface area contributed by atoms with Gasteiger partial charge in [0.1, 0.15) is 17.3 Å². The smallest absolute Gasteiger partial charge is 0.137 e. The Morgan fingerprint density at radius 1 is 1.03 bits per heavy atom. The number of ether oxygens (including phenoxy) is 1. The topological polar surface area (TPSA) is 75.8 Å². The fraction of sp³-hybridized carbons (Fsp3) is 0.296. The molecule has 2 aromatic carbocycles. The van der Waals surface area contributed by atoms with Gasteiger partial charge in [-0.1, -0.05) is 43.5 Å².